The van der Waals surface area contributed by atoms with E-state index in [0.29, 0.717) is 5.92 Å². The van der Waals surface area contributed by atoms with E-state index in [2.05, 4.69) is 48.7 Å². The Morgan fingerprint density at radius 2 is 2.12 bits per heavy atom. The fourth-order valence-corrected chi connectivity index (χ4v) is 3.04. The number of hydrogen-bond acceptors (Lipinski definition) is 3. The van der Waals surface area contributed by atoms with Gasteiger partial charge in [0.2, 0.25) is 0 Å². The second-order valence-electron chi connectivity index (χ2n) is 7.03. The van der Waals surface area contributed by atoms with Crippen LogP contribution in [0.4, 0.5) is 0 Å². The molecule has 0 aliphatic carbocycles. The van der Waals surface area contributed by atoms with Crippen LogP contribution < -0.4 is 5.73 Å². The summed E-state index contributed by atoms with van der Waals surface area (Å²) in [6.45, 7) is 16.1. The van der Waals surface area contributed by atoms with Gasteiger partial charge in [0, 0.05) is 18.7 Å². The summed E-state index contributed by atoms with van der Waals surface area (Å²) in [7, 11) is 0. The number of aromatic nitrogens is 1. The molecule has 2 N–H and O–H groups in total. The molecule has 1 aromatic rings. The number of pyridine rings is 1. The molecule has 0 spiro atoms. The Balaban J connectivity index is 1.98. The molecule has 1 fully saturated rings. The Morgan fingerprint density at radius 3 is 2.76 bits per heavy atom. The maximum atomic E-state index is 5.42. The summed E-state index contributed by atoms with van der Waals surface area (Å²) >= 11 is 0. The van der Waals surface area contributed by atoms with Gasteiger partial charge in [-0.1, -0.05) is 32.9 Å². The molecule has 0 saturated carbocycles. The van der Waals surface area contributed by atoms with Gasteiger partial charge in [-0.3, -0.25) is 0 Å². The minimum atomic E-state index is 0.465. The van der Waals surface area contributed by atoms with Crippen LogP contribution in [0.15, 0.2) is 49.3 Å². The fraction of sp³-hybridized carbons (Fsp3) is 0.409. The molecule has 2 rings (SSSR count). The standard InChI is InChI=1S/C22H29N3/c1-17(2)16-25-13-9-20(10-14-25)5-6-22-15-21(8-12-24-22)19(4)18(3)7-11-23/h7-8,11-12,15,17,20H,3-4,9-10,13-14,16,23H2,1-2H3/b11-7-. The third-order valence-corrected chi connectivity index (χ3v) is 4.41. The van der Waals surface area contributed by atoms with Gasteiger partial charge in [-0.05, 0) is 78.9 Å². The zero-order valence-corrected chi connectivity index (χ0v) is 15.5. The van der Waals surface area contributed by atoms with Crippen molar-refractivity contribution in [2.75, 3.05) is 19.6 Å². The van der Waals surface area contributed by atoms with Gasteiger partial charge < -0.3 is 10.6 Å². The van der Waals surface area contributed by atoms with Crippen molar-refractivity contribution < 1.29 is 0 Å². The first kappa shape index (κ1) is 19.0. The van der Waals surface area contributed by atoms with Gasteiger partial charge in [0.15, 0.2) is 0 Å². The molecule has 1 aliphatic heterocycles. The Kier molecular flexibility index (Phi) is 7.03. The summed E-state index contributed by atoms with van der Waals surface area (Å²) in [5.74, 6) is 7.84. The molecule has 0 radical (unpaired) electrons. The number of allylic oxidation sites excluding steroid dienone is 3. The highest BCUT2D eigenvalue weighted by Gasteiger charge is 2.17. The molecular weight excluding hydrogens is 306 g/mol. The summed E-state index contributed by atoms with van der Waals surface area (Å²) in [4.78, 5) is 6.91. The Morgan fingerprint density at radius 1 is 1.40 bits per heavy atom. The quantitative estimate of drug-likeness (QED) is 0.656. The lowest BCUT2D eigenvalue weighted by Crippen LogP contribution is -2.35. The van der Waals surface area contributed by atoms with Gasteiger partial charge in [-0.25, -0.2) is 4.98 Å². The van der Waals surface area contributed by atoms with Gasteiger partial charge in [-0.2, -0.15) is 0 Å². The molecule has 0 bridgehead atoms. The molecule has 0 atom stereocenters. The van der Waals surface area contributed by atoms with Crippen molar-refractivity contribution in [3.05, 3.63) is 60.6 Å². The Bertz CT molecular complexity index is 695. The van der Waals surface area contributed by atoms with Crippen LogP contribution in [-0.2, 0) is 0 Å². The van der Waals surface area contributed by atoms with Crippen LogP contribution in [-0.4, -0.2) is 29.5 Å². The third-order valence-electron chi connectivity index (χ3n) is 4.41. The molecule has 3 nitrogen and oxygen atoms in total. The molecular formula is C22H29N3. The number of piperidine rings is 1. The van der Waals surface area contributed by atoms with Crippen molar-refractivity contribution in [2.45, 2.75) is 26.7 Å². The van der Waals surface area contributed by atoms with E-state index in [0.717, 1.165) is 54.3 Å². The lowest BCUT2D eigenvalue weighted by Gasteiger charge is -2.30. The molecule has 132 valence electrons. The van der Waals surface area contributed by atoms with E-state index in [4.69, 9.17) is 5.73 Å². The predicted octanol–water partition coefficient (Wildman–Crippen LogP) is 3.84. The summed E-state index contributed by atoms with van der Waals surface area (Å²) in [6.07, 6.45) is 7.28. The highest BCUT2D eigenvalue weighted by molar-refractivity contribution is 5.79. The van der Waals surface area contributed by atoms with Gasteiger partial charge >= 0.3 is 0 Å². The highest BCUT2D eigenvalue weighted by atomic mass is 15.1. The second-order valence-corrected chi connectivity index (χ2v) is 7.03. The summed E-state index contributed by atoms with van der Waals surface area (Å²) < 4.78 is 0. The Labute approximate surface area is 152 Å². The molecule has 25 heavy (non-hydrogen) atoms. The molecule has 0 unspecified atom stereocenters. The zero-order valence-electron chi connectivity index (χ0n) is 15.5. The van der Waals surface area contributed by atoms with Crippen molar-refractivity contribution in [1.29, 1.82) is 0 Å². The molecule has 1 saturated heterocycles. The molecule has 3 heteroatoms. The number of likely N-dealkylation sites (tertiary alicyclic amines) is 1. The monoisotopic (exact) mass is 335 g/mol. The van der Waals surface area contributed by atoms with Gasteiger partial charge in [0.05, 0.1) is 0 Å². The van der Waals surface area contributed by atoms with Gasteiger partial charge in [-0.15, -0.1) is 0 Å². The first-order valence-electron chi connectivity index (χ1n) is 8.96. The van der Waals surface area contributed by atoms with Gasteiger partial charge in [0.1, 0.15) is 5.69 Å². The molecule has 1 aliphatic rings. The van der Waals surface area contributed by atoms with Crippen molar-refractivity contribution in [3.8, 4) is 11.8 Å². The van der Waals surface area contributed by atoms with Crippen LogP contribution in [0.25, 0.3) is 5.57 Å². The van der Waals surface area contributed by atoms with E-state index in [1.807, 2.05) is 12.1 Å². The van der Waals surface area contributed by atoms with E-state index in [-0.39, 0.29) is 0 Å². The minimum Gasteiger partial charge on any atom is -0.405 e. The van der Waals surface area contributed by atoms with E-state index < -0.39 is 0 Å². The average Bonchev–Trinajstić information content (AvgIpc) is 2.60. The molecule has 0 aromatic carbocycles. The molecule has 1 aromatic heterocycles. The molecule has 0 amide bonds. The van der Waals surface area contributed by atoms with Crippen molar-refractivity contribution in [1.82, 2.24) is 9.88 Å². The van der Waals surface area contributed by atoms with Crippen molar-refractivity contribution in [2.24, 2.45) is 17.6 Å². The van der Waals surface area contributed by atoms with Crippen molar-refractivity contribution in [3.63, 3.8) is 0 Å². The van der Waals surface area contributed by atoms with Crippen LogP contribution >= 0.6 is 0 Å². The normalized spacial score (nSPS) is 16.0. The number of rotatable bonds is 5. The first-order chi connectivity index (χ1) is 12.0. The number of nitrogens with zero attached hydrogens (tertiary/aromatic N) is 2. The van der Waals surface area contributed by atoms with Crippen molar-refractivity contribution >= 4 is 5.57 Å². The number of hydrogen-bond donors (Lipinski definition) is 1. The van der Waals surface area contributed by atoms with E-state index in [1.165, 1.54) is 12.7 Å². The van der Waals surface area contributed by atoms with E-state index in [1.54, 1.807) is 12.3 Å². The zero-order chi connectivity index (χ0) is 18.2. The lowest BCUT2D eigenvalue weighted by atomic mass is 9.96. The van der Waals surface area contributed by atoms with E-state index >= 15 is 0 Å². The third kappa shape index (κ3) is 5.92. The summed E-state index contributed by atoms with van der Waals surface area (Å²) in [6, 6.07) is 3.90. The van der Waals surface area contributed by atoms with Crippen LogP contribution in [0.1, 0.15) is 37.9 Å². The average molecular weight is 335 g/mol. The largest absolute Gasteiger partial charge is 0.405 e. The van der Waals surface area contributed by atoms with Gasteiger partial charge in [0.25, 0.3) is 0 Å². The van der Waals surface area contributed by atoms with Crippen LogP contribution in [0.5, 0.6) is 0 Å². The fourth-order valence-electron chi connectivity index (χ4n) is 3.04. The summed E-state index contributed by atoms with van der Waals surface area (Å²) in [5.41, 5.74) is 8.83. The van der Waals surface area contributed by atoms with Crippen LogP contribution in [0.2, 0.25) is 0 Å². The highest BCUT2D eigenvalue weighted by Crippen LogP contribution is 2.21. The topological polar surface area (TPSA) is 42.1 Å². The van der Waals surface area contributed by atoms with Crippen LogP contribution in [0.3, 0.4) is 0 Å². The lowest BCUT2D eigenvalue weighted by molar-refractivity contribution is 0.187. The van der Waals surface area contributed by atoms with E-state index in [9.17, 15) is 0 Å². The molecule has 2 heterocycles. The maximum Gasteiger partial charge on any atom is 0.113 e. The second kappa shape index (κ2) is 9.25. The van der Waals surface area contributed by atoms with Crippen LogP contribution in [0, 0.1) is 23.7 Å². The predicted molar refractivity (Wildman–Crippen MR) is 107 cm³/mol. The minimum absolute atomic E-state index is 0.465. The first-order valence-corrected chi connectivity index (χ1v) is 8.96. The summed E-state index contributed by atoms with van der Waals surface area (Å²) in [5, 5.41) is 0. The smallest absolute Gasteiger partial charge is 0.113 e. The number of nitrogens with two attached hydrogens (primary N) is 1. The Hall–Kier alpha value is -2.31. The SMILES string of the molecule is C=C(/C=C\N)C(=C)c1ccnc(C#CC2CCN(CC(C)C)CC2)c1. The maximum absolute atomic E-state index is 5.42.